The number of halogens is 1. The second-order valence-electron chi connectivity index (χ2n) is 9.23. The van der Waals surface area contributed by atoms with Gasteiger partial charge in [-0.25, -0.2) is 9.50 Å². The summed E-state index contributed by atoms with van der Waals surface area (Å²) in [6.45, 7) is 6.29. The number of aromatic nitrogens is 3. The number of fused-ring (bicyclic) bond motifs is 1. The number of alkyl halides is 1. The van der Waals surface area contributed by atoms with Crippen LogP contribution in [0.15, 0.2) is 12.3 Å². The van der Waals surface area contributed by atoms with Crippen molar-refractivity contribution in [1.29, 1.82) is 0 Å². The summed E-state index contributed by atoms with van der Waals surface area (Å²) in [5.74, 6) is 0.938. The Labute approximate surface area is 194 Å². The maximum atomic E-state index is 13.4. The molecule has 0 bridgehead atoms. The fourth-order valence-corrected chi connectivity index (χ4v) is 5.12. The van der Waals surface area contributed by atoms with Crippen molar-refractivity contribution < 1.29 is 4.79 Å². The van der Waals surface area contributed by atoms with Gasteiger partial charge in [0.25, 0.3) is 0 Å². The molecule has 1 amide bonds. The SMILES string of the molecule is CNC(C(=O)N1CCCC[C@H]1c1cc2nc(N3CC[C@H](N)C3)c(C)cn2n1)C(Cl)C(C)N. The van der Waals surface area contributed by atoms with Crippen LogP contribution in [0.4, 0.5) is 5.82 Å². The molecule has 2 aliphatic heterocycles. The molecule has 32 heavy (non-hydrogen) atoms. The molecule has 0 aliphatic carbocycles. The number of aryl methyl sites for hydroxylation is 1. The van der Waals surface area contributed by atoms with E-state index in [0.29, 0.717) is 6.54 Å². The maximum Gasteiger partial charge on any atom is 0.241 e. The van der Waals surface area contributed by atoms with Crippen LogP contribution in [-0.4, -0.2) is 75.6 Å². The zero-order valence-corrected chi connectivity index (χ0v) is 19.9. The largest absolute Gasteiger partial charge is 0.355 e. The first kappa shape index (κ1) is 23.2. The molecule has 0 spiro atoms. The van der Waals surface area contributed by atoms with Crippen molar-refractivity contribution in [2.24, 2.45) is 11.5 Å². The molecule has 5 N–H and O–H groups in total. The minimum atomic E-state index is -0.541. The van der Waals surface area contributed by atoms with Crippen LogP contribution in [0, 0.1) is 6.92 Å². The van der Waals surface area contributed by atoms with Crippen molar-refractivity contribution >= 4 is 29.0 Å². The molecule has 10 heteroatoms. The lowest BCUT2D eigenvalue weighted by atomic mass is 9.97. The van der Waals surface area contributed by atoms with Crippen molar-refractivity contribution in [3.63, 3.8) is 0 Å². The summed E-state index contributed by atoms with van der Waals surface area (Å²) in [4.78, 5) is 22.5. The zero-order chi connectivity index (χ0) is 23.0. The van der Waals surface area contributed by atoms with E-state index in [9.17, 15) is 4.79 Å². The lowest BCUT2D eigenvalue weighted by Crippen LogP contribution is -2.55. The Bertz CT molecular complexity index is 963. The molecule has 4 heterocycles. The van der Waals surface area contributed by atoms with Crippen molar-refractivity contribution in [2.45, 2.75) is 69.1 Å². The monoisotopic (exact) mass is 462 g/mol. The van der Waals surface area contributed by atoms with Crippen LogP contribution in [-0.2, 0) is 4.79 Å². The molecule has 2 aromatic rings. The van der Waals surface area contributed by atoms with Crippen molar-refractivity contribution in [1.82, 2.24) is 24.8 Å². The van der Waals surface area contributed by atoms with E-state index in [-0.39, 0.29) is 24.0 Å². The molecule has 2 saturated heterocycles. The Morgan fingerprint density at radius 2 is 2.09 bits per heavy atom. The van der Waals surface area contributed by atoms with Gasteiger partial charge in [-0.1, -0.05) is 0 Å². The molecule has 2 aromatic heterocycles. The van der Waals surface area contributed by atoms with Crippen LogP contribution in [0.2, 0.25) is 0 Å². The molecule has 0 aromatic carbocycles. The van der Waals surface area contributed by atoms with Gasteiger partial charge in [0.1, 0.15) is 11.9 Å². The second-order valence-corrected chi connectivity index (χ2v) is 9.73. The highest BCUT2D eigenvalue weighted by Gasteiger charge is 2.37. The molecule has 2 aliphatic rings. The summed E-state index contributed by atoms with van der Waals surface area (Å²) < 4.78 is 1.82. The highest BCUT2D eigenvalue weighted by atomic mass is 35.5. The summed E-state index contributed by atoms with van der Waals surface area (Å²) in [7, 11) is 1.75. The molecule has 0 radical (unpaired) electrons. The van der Waals surface area contributed by atoms with Crippen LogP contribution < -0.4 is 21.7 Å². The molecular weight excluding hydrogens is 428 g/mol. The molecule has 176 valence electrons. The van der Waals surface area contributed by atoms with E-state index in [1.807, 2.05) is 28.6 Å². The van der Waals surface area contributed by atoms with Gasteiger partial charge in [0.15, 0.2) is 5.65 Å². The van der Waals surface area contributed by atoms with Gasteiger partial charge in [-0.15, -0.1) is 11.6 Å². The molecule has 3 unspecified atom stereocenters. The van der Waals surface area contributed by atoms with Gasteiger partial charge in [0, 0.05) is 49.5 Å². The van der Waals surface area contributed by atoms with E-state index < -0.39 is 11.4 Å². The van der Waals surface area contributed by atoms with E-state index in [0.717, 1.165) is 61.5 Å². The molecule has 2 fully saturated rings. The second kappa shape index (κ2) is 9.51. The lowest BCUT2D eigenvalue weighted by Gasteiger charge is -2.38. The number of nitrogens with zero attached hydrogens (tertiary/aromatic N) is 5. The Morgan fingerprint density at radius 3 is 2.75 bits per heavy atom. The number of likely N-dealkylation sites (N-methyl/N-ethyl adjacent to an activating group) is 1. The van der Waals surface area contributed by atoms with E-state index in [1.165, 1.54) is 0 Å². The van der Waals surface area contributed by atoms with Crippen LogP contribution in [0.25, 0.3) is 5.65 Å². The number of nitrogens with one attached hydrogen (secondary N) is 1. The normalized spacial score (nSPS) is 24.7. The number of nitrogens with two attached hydrogens (primary N) is 2. The minimum Gasteiger partial charge on any atom is -0.355 e. The van der Waals surface area contributed by atoms with Gasteiger partial charge in [0.05, 0.1) is 17.1 Å². The van der Waals surface area contributed by atoms with Crippen molar-refractivity contribution in [3.05, 3.63) is 23.5 Å². The fraction of sp³-hybridized carbons (Fsp3) is 0.682. The third-order valence-corrected chi connectivity index (χ3v) is 7.32. The first-order chi connectivity index (χ1) is 15.3. The van der Waals surface area contributed by atoms with Crippen LogP contribution >= 0.6 is 11.6 Å². The lowest BCUT2D eigenvalue weighted by molar-refractivity contribution is -0.137. The van der Waals surface area contributed by atoms with Gasteiger partial charge in [0.2, 0.25) is 5.91 Å². The highest BCUT2D eigenvalue weighted by molar-refractivity contribution is 6.23. The molecular formula is C22H35ClN8O. The van der Waals surface area contributed by atoms with Gasteiger partial charge < -0.3 is 26.6 Å². The number of piperidine rings is 1. The number of carbonyl (C=O) groups is 1. The van der Waals surface area contributed by atoms with Gasteiger partial charge >= 0.3 is 0 Å². The van der Waals surface area contributed by atoms with Gasteiger partial charge in [-0.2, -0.15) is 5.10 Å². The quantitative estimate of drug-likeness (QED) is 0.551. The van der Waals surface area contributed by atoms with E-state index >= 15 is 0 Å². The number of hydrogen-bond donors (Lipinski definition) is 3. The van der Waals surface area contributed by atoms with Crippen LogP contribution in [0.5, 0.6) is 0 Å². The first-order valence-electron chi connectivity index (χ1n) is 11.5. The van der Waals surface area contributed by atoms with Gasteiger partial charge in [-0.3, -0.25) is 4.79 Å². The summed E-state index contributed by atoms with van der Waals surface area (Å²) in [6.07, 6.45) is 5.87. The topological polar surface area (TPSA) is 118 Å². The molecule has 4 rings (SSSR count). The van der Waals surface area contributed by atoms with E-state index in [4.69, 9.17) is 33.2 Å². The summed E-state index contributed by atoms with van der Waals surface area (Å²) in [6, 6.07) is 1.25. The smallest absolute Gasteiger partial charge is 0.241 e. The number of anilines is 1. The Kier molecular flexibility index (Phi) is 6.90. The average Bonchev–Trinajstić information content (AvgIpc) is 3.39. The number of hydrogen-bond acceptors (Lipinski definition) is 7. The minimum absolute atomic E-state index is 0.0255. The van der Waals surface area contributed by atoms with Crippen molar-refractivity contribution in [2.75, 3.05) is 31.6 Å². The third kappa shape index (κ3) is 4.44. The van der Waals surface area contributed by atoms with E-state index in [1.54, 1.807) is 7.05 Å². The summed E-state index contributed by atoms with van der Waals surface area (Å²) in [5, 5.41) is 7.40. The first-order valence-corrected chi connectivity index (χ1v) is 12.0. The number of rotatable bonds is 6. The predicted octanol–water partition coefficient (Wildman–Crippen LogP) is 1.17. The molecule has 9 nitrogen and oxygen atoms in total. The standard InChI is InChI=1S/C22H35ClN8O/c1-13-11-31-18(27-21(13)29-9-7-15(25)12-29)10-16(28-31)17-6-4-5-8-30(17)22(32)20(26-3)19(23)14(2)24/h10-11,14-15,17,19-20,26H,4-9,12,24-25H2,1-3H3/t14?,15-,17-,19?,20?/m0/s1. The fourth-order valence-electron chi connectivity index (χ4n) is 4.89. The predicted molar refractivity (Wildman–Crippen MR) is 127 cm³/mol. The van der Waals surface area contributed by atoms with E-state index in [2.05, 4.69) is 17.1 Å². The van der Waals surface area contributed by atoms with Gasteiger partial charge in [-0.05, 0) is 46.6 Å². The highest BCUT2D eigenvalue weighted by Crippen LogP contribution is 2.32. The Hall–Kier alpha value is -1.94. The maximum absolute atomic E-state index is 13.4. The number of amides is 1. The number of carbonyl (C=O) groups excluding carboxylic acids is 1. The third-order valence-electron chi connectivity index (χ3n) is 6.67. The molecule has 0 saturated carbocycles. The summed E-state index contributed by atoms with van der Waals surface area (Å²) >= 11 is 6.48. The Morgan fingerprint density at radius 1 is 1.31 bits per heavy atom. The van der Waals surface area contributed by atoms with Crippen molar-refractivity contribution in [3.8, 4) is 0 Å². The average molecular weight is 463 g/mol. The summed E-state index contributed by atoms with van der Waals surface area (Å²) in [5.41, 5.74) is 14.8. The van der Waals surface area contributed by atoms with Crippen LogP contribution in [0.1, 0.15) is 49.9 Å². The zero-order valence-electron chi connectivity index (χ0n) is 19.2. The Balaban J connectivity index is 1.63. The van der Waals surface area contributed by atoms with Crippen LogP contribution in [0.3, 0.4) is 0 Å². The molecule has 5 atom stereocenters. The number of likely N-dealkylation sites (tertiary alicyclic amines) is 1.